The molecule has 0 radical (unpaired) electrons. The van der Waals surface area contributed by atoms with Gasteiger partial charge in [0.15, 0.2) is 0 Å². The predicted octanol–water partition coefficient (Wildman–Crippen LogP) is 4.50. The Morgan fingerprint density at radius 2 is 1.81 bits per heavy atom. The smallest absolute Gasteiger partial charge is 0.119 e. The average Bonchev–Trinajstić information content (AvgIpc) is 3.33. The van der Waals surface area contributed by atoms with Gasteiger partial charge in [-0.2, -0.15) is 0 Å². The van der Waals surface area contributed by atoms with Crippen molar-refractivity contribution in [2.75, 3.05) is 13.1 Å². The highest BCUT2D eigenvalue weighted by molar-refractivity contribution is 5.30. The predicted molar refractivity (Wildman–Crippen MR) is 88.0 cm³/mol. The molecule has 2 aliphatic carbocycles. The molecule has 1 aromatic rings. The minimum atomic E-state index is 0.497. The molecule has 0 heterocycles. The van der Waals surface area contributed by atoms with E-state index in [4.69, 9.17) is 4.74 Å². The summed E-state index contributed by atoms with van der Waals surface area (Å²) in [6.07, 6.45) is 9.70. The Balaban J connectivity index is 1.61. The van der Waals surface area contributed by atoms with Crippen molar-refractivity contribution in [3.8, 4) is 5.75 Å². The quantitative estimate of drug-likeness (QED) is 0.745. The van der Waals surface area contributed by atoms with Crippen LogP contribution in [0.15, 0.2) is 24.3 Å². The van der Waals surface area contributed by atoms with Crippen LogP contribution in [0.4, 0.5) is 0 Å². The molecule has 0 amide bonds. The van der Waals surface area contributed by atoms with Crippen molar-refractivity contribution in [2.24, 2.45) is 5.92 Å². The maximum absolute atomic E-state index is 5.86. The summed E-state index contributed by atoms with van der Waals surface area (Å²) in [5, 5.41) is 3.63. The molecule has 21 heavy (non-hydrogen) atoms. The number of benzene rings is 1. The SMILES string of the molecule is CCCNCC1CCCCC1c1ccc(OC2CC2)cc1. The summed E-state index contributed by atoms with van der Waals surface area (Å²) < 4.78 is 5.86. The average molecular weight is 287 g/mol. The summed E-state index contributed by atoms with van der Waals surface area (Å²) in [6, 6.07) is 8.97. The second-order valence-electron chi connectivity index (χ2n) is 6.74. The van der Waals surface area contributed by atoms with Crippen LogP contribution in [0.25, 0.3) is 0 Å². The van der Waals surface area contributed by atoms with Crippen molar-refractivity contribution in [3.05, 3.63) is 29.8 Å². The standard InChI is InChI=1S/C19H29NO/c1-2-13-20-14-16-5-3-4-6-19(16)15-7-9-17(10-8-15)21-18-11-12-18/h7-10,16,18-20H,2-6,11-14H2,1H3. The van der Waals surface area contributed by atoms with Gasteiger partial charge in [-0.15, -0.1) is 0 Å². The van der Waals surface area contributed by atoms with Gasteiger partial charge in [0.05, 0.1) is 6.10 Å². The van der Waals surface area contributed by atoms with Crippen LogP contribution in [0, 0.1) is 5.92 Å². The second kappa shape index (κ2) is 7.31. The first-order chi connectivity index (χ1) is 10.4. The summed E-state index contributed by atoms with van der Waals surface area (Å²) in [6.45, 7) is 4.57. The topological polar surface area (TPSA) is 21.3 Å². The third-order valence-corrected chi connectivity index (χ3v) is 4.88. The zero-order chi connectivity index (χ0) is 14.5. The summed E-state index contributed by atoms with van der Waals surface area (Å²) in [5.74, 6) is 2.59. The molecule has 1 N–H and O–H groups in total. The molecule has 2 saturated carbocycles. The Kier molecular flexibility index (Phi) is 5.18. The number of nitrogens with one attached hydrogen (secondary N) is 1. The van der Waals surface area contributed by atoms with Gasteiger partial charge in [0.25, 0.3) is 0 Å². The van der Waals surface area contributed by atoms with Crippen LogP contribution in [0.3, 0.4) is 0 Å². The molecule has 0 aromatic heterocycles. The van der Waals surface area contributed by atoms with E-state index in [2.05, 4.69) is 36.5 Å². The molecule has 2 aliphatic rings. The molecule has 0 aliphatic heterocycles. The van der Waals surface area contributed by atoms with Gasteiger partial charge >= 0.3 is 0 Å². The van der Waals surface area contributed by atoms with Crippen LogP contribution in [0.5, 0.6) is 5.75 Å². The maximum Gasteiger partial charge on any atom is 0.119 e. The fraction of sp³-hybridized carbons (Fsp3) is 0.684. The van der Waals surface area contributed by atoms with Crippen molar-refractivity contribution in [1.29, 1.82) is 0 Å². The number of hydrogen-bond donors (Lipinski definition) is 1. The van der Waals surface area contributed by atoms with E-state index >= 15 is 0 Å². The maximum atomic E-state index is 5.86. The van der Waals surface area contributed by atoms with Gasteiger partial charge in [-0.05, 0) is 74.7 Å². The lowest BCUT2D eigenvalue weighted by molar-refractivity contribution is 0.293. The lowest BCUT2D eigenvalue weighted by Gasteiger charge is -2.32. The summed E-state index contributed by atoms with van der Waals surface area (Å²) in [7, 11) is 0. The van der Waals surface area contributed by atoms with Crippen molar-refractivity contribution in [3.63, 3.8) is 0 Å². The minimum absolute atomic E-state index is 0.497. The Morgan fingerprint density at radius 3 is 2.52 bits per heavy atom. The Labute approximate surface area is 129 Å². The van der Waals surface area contributed by atoms with Crippen molar-refractivity contribution < 1.29 is 4.74 Å². The molecule has 2 atom stereocenters. The normalized spacial score (nSPS) is 25.8. The molecule has 2 nitrogen and oxygen atoms in total. The van der Waals surface area contributed by atoms with E-state index in [1.165, 1.54) is 57.1 Å². The van der Waals surface area contributed by atoms with Gasteiger partial charge in [0.2, 0.25) is 0 Å². The van der Waals surface area contributed by atoms with Crippen LogP contribution in [-0.4, -0.2) is 19.2 Å². The van der Waals surface area contributed by atoms with Gasteiger partial charge < -0.3 is 10.1 Å². The zero-order valence-corrected chi connectivity index (χ0v) is 13.3. The fourth-order valence-electron chi connectivity index (χ4n) is 3.53. The number of rotatable bonds is 7. The number of ether oxygens (including phenoxy) is 1. The van der Waals surface area contributed by atoms with Crippen molar-refractivity contribution in [1.82, 2.24) is 5.32 Å². The first-order valence-corrected chi connectivity index (χ1v) is 8.84. The van der Waals surface area contributed by atoms with Gasteiger partial charge in [-0.25, -0.2) is 0 Å². The third-order valence-electron chi connectivity index (χ3n) is 4.88. The van der Waals surface area contributed by atoms with Gasteiger partial charge in [-0.1, -0.05) is 31.9 Å². The first kappa shape index (κ1) is 14.9. The molecule has 3 rings (SSSR count). The van der Waals surface area contributed by atoms with Crippen LogP contribution < -0.4 is 10.1 Å². The largest absolute Gasteiger partial charge is 0.490 e. The molecule has 116 valence electrons. The Bertz CT molecular complexity index is 424. The highest BCUT2D eigenvalue weighted by atomic mass is 16.5. The van der Waals surface area contributed by atoms with E-state index in [1.807, 2.05) is 0 Å². The minimum Gasteiger partial charge on any atom is -0.490 e. The van der Waals surface area contributed by atoms with Gasteiger partial charge in [0, 0.05) is 0 Å². The molecular formula is C19H29NO. The lowest BCUT2D eigenvalue weighted by Crippen LogP contribution is -2.30. The fourth-order valence-corrected chi connectivity index (χ4v) is 3.53. The lowest BCUT2D eigenvalue weighted by atomic mass is 9.75. The van der Waals surface area contributed by atoms with E-state index in [1.54, 1.807) is 0 Å². The summed E-state index contributed by atoms with van der Waals surface area (Å²) >= 11 is 0. The van der Waals surface area contributed by atoms with Crippen LogP contribution in [0.1, 0.15) is 63.4 Å². The first-order valence-electron chi connectivity index (χ1n) is 8.84. The van der Waals surface area contributed by atoms with E-state index < -0.39 is 0 Å². The van der Waals surface area contributed by atoms with E-state index in [9.17, 15) is 0 Å². The molecule has 2 unspecified atom stereocenters. The molecule has 0 saturated heterocycles. The molecule has 0 spiro atoms. The highest BCUT2D eigenvalue weighted by Gasteiger charge is 2.27. The van der Waals surface area contributed by atoms with Crippen LogP contribution in [0.2, 0.25) is 0 Å². The van der Waals surface area contributed by atoms with Gasteiger partial charge in [-0.3, -0.25) is 0 Å². The summed E-state index contributed by atoms with van der Waals surface area (Å²) in [5.41, 5.74) is 1.51. The van der Waals surface area contributed by atoms with E-state index in [-0.39, 0.29) is 0 Å². The molecule has 1 aromatic carbocycles. The van der Waals surface area contributed by atoms with E-state index in [0.29, 0.717) is 6.10 Å². The highest BCUT2D eigenvalue weighted by Crippen LogP contribution is 2.38. The zero-order valence-electron chi connectivity index (χ0n) is 13.3. The molecule has 2 fully saturated rings. The Morgan fingerprint density at radius 1 is 1.05 bits per heavy atom. The van der Waals surface area contributed by atoms with Crippen LogP contribution >= 0.6 is 0 Å². The van der Waals surface area contributed by atoms with Crippen LogP contribution in [-0.2, 0) is 0 Å². The molecule has 2 heteroatoms. The van der Waals surface area contributed by atoms with Crippen molar-refractivity contribution >= 4 is 0 Å². The summed E-state index contributed by atoms with van der Waals surface area (Å²) in [4.78, 5) is 0. The second-order valence-corrected chi connectivity index (χ2v) is 6.74. The van der Waals surface area contributed by atoms with Gasteiger partial charge in [0.1, 0.15) is 5.75 Å². The molecule has 0 bridgehead atoms. The third kappa shape index (κ3) is 4.23. The Hall–Kier alpha value is -1.02. The molecular weight excluding hydrogens is 258 g/mol. The van der Waals surface area contributed by atoms with Crippen molar-refractivity contribution in [2.45, 2.75) is 63.9 Å². The number of hydrogen-bond acceptors (Lipinski definition) is 2. The monoisotopic (exact) mass is 287 g/mol. The van der Waals surface area contributed by atoms with E-state index in [0.717, 1.165) is 24.1 Å².